The summed E-state index contributed by atoms with van der Waals surface area (Å²) in [6.45, 7) is 5.53. The van der Waals surface area contributed by atoms with Gasteiger partial charge in [-0.1, -0.05) is 13.8 Å². The van der Waals surface area contributed by atoms with Gasteiger partial charge in [0.1, 0.15) is 0 Å². The second kappa shape index (κ2) is 6.40. The maximum atomic E-state index is 8.50. The molecule has 12 heavy (non-hydrogen) atoms. The van der Waals surface area contributed by atoms with Gasteiger partial charge in [0.25, 0.3) is 0 Å². The Kier molecular flexibility index (Phi) is 6.34. The van der Waals surface area contributed by atoms with Gasteiger partial charge in [-0.3, -0.25) is 0 Å². The summed E-state index contributed by atoms with van der Waals surface area (Å²) in [4.78, 5) is 0. The maximum absolute atomic E-state index is 8.50. The fourth-order valence-electron chi connectivity index (χ4n) is 0.896. The van der Waals surface area contributed by atoms with Crippen LogP contribution in [-0.2, 0) is 4.74 Å². The minimum atomic E-state index is -0.171. The van der Waals surface area contributed by atoms with Crippen molar-refractivity contribution < 1.29 is 9.84 Å². The Morgan fingerprint density at radius 2 is 1.92 bits per heavy atom. The van der Waals surface area contributed by atoms with Crippen LogP contribution in [0.2, 0.25) is 0 Å². The summed E-state index contributed by atoms with van der Waals surface area (Å²) in [5.74, 6) is 0. The molecule has 0 unspecified atom stereocenters. The molecule has 0 radical (unpaired) electrons. The summed E-state index contributed by atoms with van der Waals surface area (Å²) in [6, 6.07) is 0. The Morgan fingerprint density at radius 1 is 1.33 bits per heavy atom. The third-order valence-electron chi connectivity index (χ3n) is 2.24. The molecule has 0 amide bonds. The summed E-state index contributed by atoms with van der Waals surface area (Å²) in [5, 5.41) is 8.50. The highest BCUT2D eigenvalue weighted by Crippen LogP contribution is 2.11. The van der Waals surface area contributed by atoms with E-state index in [1.54, 1.807) is 0 Å². The molecular weight excluding hydrogens is 154 g/mol. The van der Waals surface area contributed by atoms with Crippen molar-refractivity contribution in [3.63, 3.8) is 0 Å². The first-order valence-corrected chi connectivity index (χ1v) is 4.66. The van der Waals surface area contributed by atoms with Crippen LogP contribution in [0, 0.1) is 0 Å². The van der Waals surface area contributed by atoms with Crippen LogP contribution < -0.4 is 5.73 Å². The van der Waals surface area contributed by atoms with Crippen molar-refractivity contribution in [1.82, 2.24) is 0 Å². The predicted octanol–water partition coefficient (Wildman–Crippen LogP) is 0.903. The molecule has 0 bridgehead atoms. The third-order valence-corrected chi connectivity index (χ3v) is 2.24. The van der Waals surface area contributed by atoms with Gasteiger partial charge in [-0.2, -0.15) is 0 Å². The van der Waals surface area contributed by atoms with E-state index >= 15 is 0 Å². The van der Waals surface area contributed by atoms with Crippen LogP contribution in [0.5, 0.6) is 0 Å². The van der Waals surface area contributed by atoms with Crippen LogP contribution in [0.4, 0.5) is 0 Å². The molecule has 3 N–H and O–H groups in total. The quantitative estimate of drug-likeness (QED) is 0.565. The summed E-state index contributed by atoms with van der Waals surface area (Å²) in [7, 11) is 0. The lowest BCUT2D eigenvalue weighted by atomic mass is 9.96. The lowest BCUT2D eigenvalue weighted by Gasteiger charge is -2.26. The van der Waals surface area contributed by atoms with Crippen LogP contribution in [0.1, 0.15) is 33.1 Å². The van der Waals surface area contributed by atoms with Crippen molar-refractivity contribution in [3.05, 3.63) is 0 Å². The molecule has 0 aromatic rings. The van der Waals surface area contributed by atoms with E-state index < -0.39 is 0 Å². The first kappa shape index (κ1) is 11.9. The van der Waals surface area contributed by atoms with Crippen LogP contribution >= 0.6 is 0 Å². The van der Waals surface area contributed by atoms with Crippen molar-refractivity contribution in [2.75, 3.05) is 19.8 Å². The van der Waals surface area contributed by atoms with Crippen LogP contribution in [0.25, 0.3) is 0 Å². The molecule has 3 nitrogen and oxygen atoms in total. The van der Waals surface area contributed by atoms with Crippen molar-refractivity contribution in [2.24, 2.45) is 5.73 Å². The first-order valence-electron chi connectivity index (χ1n) is 4.66. The largest absolute Gasteiger partial charge is 0.396 e. The van der Waals surface area contributed by atoms with Gasteiger partial charge < -0.3 is 15.6 Å². The molecule has 0 atom stereocenters. The van der Waals surface area contributed by atoms with E-state index in [4.69, 9.17) is 15.6 Å². The minimum absolute atomic E-state index is 0.171. The predicted molar refractivity (Wildman–Crippen MR) is 50.0 cm³/mol. The van der Waals surface area contributed by atoms with Gasteiger partial charge in [-0.25, -0.2) is 0 Å². The first-order chi connectivity index (χ1) is 5.68. The number of aliphatic hydroxyl groups is 1. The summed E-state index contributed by atoms with van der Waals surface area (Å²) in [6.07, 6.45) is 2.56. The Labute approximate surface area is 74.9 Å². The monoisotopic (exact) mass is 175 g/mol. The topological polar surface area (TPSA) is 55.5 Å². The van der Waals surface area contributed by atoms with Gasteiger partial charge in [-0.15, -0.1) is 0 Å². The van der Waals surface area contributed by atoms with Gasteiger partial charge in [0, 0.05) is 18.8 Å². The normalized spacial score (nSPS) is 12.0. The molecule has 0 aliphatic rings. The van der Waals surface area contributed by atoms with E-state index in [-0.39, 0.29) is 12.1 Å². The number of hydrogen-bond acceptors (Lipinski definition) is 3. The standard InChI is InChI=1S/C9H21NO2/c1-3-9(10,4-2)8-12-7-5-6-11/h11H,3-8,10H2,1-2H3. The highest BCUT2D eigenvalue weighted by Gasteiger charge is 2.19. The van der Waals surface area contributed by atoms with E-state index in [9.17, 15) is 0 Å². The number of rotatable bonds is 7. The highest BCUT2D eigenvalue weighted by molar-refractivity contribution is 4.80. The molecule has 0 aliphatic carbocycles. The summed E-state index contributed by atoms with van der Waals surface area (Å²) < 4.78 is 5.34. The second-order valence-corrected chi connectivity index (χ2v) is 3.20. The summed E-state index contributed by atoms with van der Waals surface area (Å²) in [5.41, 5.74) is 5.82. The summed E-state index contributed by atoms with van der Waals surface area (Å²) >= 11 is 0. The number of aliphatic hydroxyl groups excluding tert-OH is 1. The molecule has 0 aromatic carbocycles. The van der Waals surface area contributed by atoms with E-state index in [0.29, 0.717) is 19.6 Å². The average molecular weight is 175 g/mol. The van der Waals surface area contributed by atoms with Crippen molar-refractivity contribution in [3.8, 4) is 0 Å². The zero-order chi connectivity index (χ0) is 9.45. The third kappa shape index (κ3) is 4.70. The molecule has 0 spiro atoms. The molecule has 0 saturated heterocycles. The van der Waals surface area contributed by atoms with Gasteiger partial charge in [0.15, 0.2) is 0 Å². The molecule has 0 fully saturated rings. The lowest BCUT2D eigenvalue weighted by Crippen LogP contribution is -2.43. The maximum Gasteiger partial charge on any atom is 0.0645 e. The van der Waals surface area contributed by atoms with E-state index in [1.165, 1.54) is 0 Å². The molecule has 0 heterocycles. The molecular formula is C9H21NO2. The highest BCUT2D eigenvalue weighted by atomic mass is 16.5. The molecule has 3 heteroatoms. The SMILES string of the molecule is CCC(N)(CC)COCCCO. The number of hydrogen-bond donors (Lipinski definition) is 2. The van der Waals surface area contributed by atoms with Crippen LogP contribution in [0.15, 0.2) is 0 Å². The molecule has 74 valence electrons. The average Bonchev–Trinajstić information content (AvgIpc) is 2.12. The smallest absolute Gasteiger partial charge is 0.0645 e. The molecule has 0 saturated carbocycles. The van der Waals surface area contributed by atoms with E-state index in [2.05, 4.69) is 13.8 Å². The van der Waals surface area contributed by atoms with Crippen LogP contribution in [-0.4, -0.2) is 30.5 Å². The number of nitrogens with two attached hydrogens (primary N) is 1. The zero-order valence-electron chi connectivity index (χ0n) is 8.18. The van der Waals surface area contributed by atoms with Gasteiger partial charge in [-0.05, 0) is 19.3 Å². The van der Waals surface area contributed by atoms with E-state index in [1.807, 2.05) is 0 Å². The fraction of sp³-hybridized carbons (Fsp3) is 1.00. The molecule has 0 aromatic heterocycles. The zero-order valence-corrected chi connectivity index (χ0v) is 8.18. The van der Waals surface area contributed by atoms with Gasteiger partial charge in [0.05, 0.1) is 6.61 Å². The van der Waals surface area contributed by atoms with Crippen molar-refractivity contribution >= 4 is 0 Å². The van der Waals surface area contributed by atoms with Crippen molar-refractivity contribution in [2.45, 2.75) is 38.6 Å². The Balaban J connectivity index is 3.45. The Morgan fingerprint density at radius 3 is 2.33 bits per heavy atom. The van der Waals surface area contributed by atoms with Gasteiger partial charge in [0.2, 0.25) is 0 Å². The fourth-order valence-corrected chi connectivity index (χ4v) is 0.896. The lowest BCUT2D eigenvalue weighted by molar-refractivity contribution is 0.0707. The Hall–Kier alpha value is -0.120. The van der Waals surface area contributed by atoms with Crippen LogP contribution in [0.3, 0.4) is 0 Å². The minimum Gasteiger partial charge on any atom is -0.396 e. The van der Waals surface area contributed by atoms with Gasteiger partial charge >= 0.3 is 0 Å². The second-order valence-electron chi connectivity index (χ2n) is 3.20. The number of ether oxygens (including phenoxy) is 1. The van der Waals surface area contributed by atoms with Crippen molar-refractivity contribution in [1.29, 1.82) is 0 Å². The Bertz CT molecular complexity index is 103. The molecule has 0 aliphatic heterocycles. The van der Waals surface area contributed by atoms with E-state index in [0.717, 1.165) is 12.8 Å². The molecule has 0 rings (SSSR count).